The Morgan fingerprint density at radius 2 is 1.21 bits per heavy atom. The van der Waals surface area contributed by atoms with Gasteiger partial charge in [-0.3, -0.25) is 19.3 Å². The lowest BCUT2D eigenvalue weighted by Crippen LogP contribution is -2.53. The van der Waals surface area contributed by atoms with Crippen LogP contribution in [0, 0.1) is 0 Å². The van der Waals surface area contributed by atoms with E-state index in [1.165, 1.54) is 15.9 Å². The number of methoxy groups -OCH3 is 1. The van der Waals surface area contributed by atoms with E-state index in [9.17, 15) is 65.3 Å². The molecular weight excluding hydrogens is 967 g/mol. The van der Waals surface area contributed by atoms with E-state index in [0.29, 0.717) is 46.2 Å². The zero-order valence-electron chi connectivity index (χ0n) is 39.8. The molecule has 4 aromatic carbocycles. The number of amides is 6. The van der Waals surface area contributed by atoms with Crippen molar-refractivity contribution in [3.05, 3.63) is 119 Å². The van der Waals surface area contributed by atoms with E-state index in [0.717, 1.165) is 12.0 Å². The van der Waals surface area contributed by atoms with Crippen molar-refractivity contribution in [1.82, 2.24) is 20.4 Å². The lowest BCUT2D eigenvalue weighted by molar-refractivity contribution is -0.138. The number of alkyl halides is 6. The smallest absolute Gasteiger partial charge is 0.413 e. The van der Waals surface area contributed by atoms with Crippen molar-refractivity contribution < 1.29 is 70.1 Å². The van der Waals surface area contributed by atoms with Crippen LogP contribution in [-0.2, 0) is 24.5 Å². The number of anilines is 2. The molecule has 21 heteroatoms. The molecule has 5 N–H and O–H groups in total. The summed E-state index contributed by atoms with van der Waals surface area (Å²) < 4.78 is 86.5. The average Bonchev–Trinajstić information content (AvgIpc) is 4.10. The molecule has 0 radical (unpaired) electrons. The molecule has 0 aromatic heterocycles. The van der Waals surface area contributed by atoms with Crippen LogP contribution in [0.1, 0.15) is 111 Å². The summed E-state index contributed by atoms with van der Waals surface area (Å²) in [7, 11) is 1.13. The minimum Gasteiger partial charge on any atom is -0.465 e. The molecule has 0 bridgehead atoms. The minimum absolute atomic E-state index is 0.0165. The molecule has 0 unspecified atom stereocenters. The highest BCUT2D eigenvalue weighted by atomic mass is 19.4. The number of nitrogens with zero attached hydrogens (tertiary/aromatic N) is 3. The molecule has 6 amide bonds. The maximum absolute atomic E-state index is 14.4. The lowest BCUT2D eigenvalue weighted by atomic mass is 9.70. The number of fused-ring (bicyclic) bond motifs is 3. The predicted octanol–water partition coefficient (Wildman–Crippen LogP) is 10.7. The van der Waals surface area contributed by atoms with E-state index >= 15 is 0 Å². The molecule has 4 atom stereocenters. The topological polar surface area (TPSA) is 198 Å². The van der Waals surface area contributed by atoms with Crippen molar-refractivity contribution in [1.29, 1.82) is 0 Å². The molecule has 390 valence electrons. The SMILES string of the molecule is COC(=O)N[C@H](C(=O)N1CCC[C@H]1N(C(=O)O)c1ccc2c(c1)C(CCCCC(F)(F)F)(CCCCC(F)(F)F)c1cc(NC(=O)[C@@H]3CCCN3C(=O)[C@H](NC(=O)O)c3ccccc3)ccc1-2)c1ccccc1. The molecule has 4 aromatic rings. The fourth-order valence-electron chi connectivity index (χ4n) is 10.6. The highest BCUT2D eigenvalue weighted by Crippen LogP contribution is 2.56. The number of ether oxygens (including phenoxy) is 1. The Balaban J connectivity index is 1.26. The first-order valence-electron chi connectivity index (χ1n) is 24.0. The van der Waals surface area contributed by atoms with E-state index in [1.807, 2.05) is 0 Å². The van der Waals surface area contributed by atoms with Gasteiger partial charge in [0.2, 0.25) is 5.91 Å². The summed E-state index contributed by atoms with van der Waals surface area (Å²) >= 11 is 0. The normalized spacial score (nSPS) is 17.7. The summed E-state index contributed by atoms with van der Waals surface area (Å²) in [6, 6.07) is 22.3. The second-order valence-electron chi connectivity index (χ2n) is 18.5. The summed E-state index contributed by atoms with van der Waals surface area (Å²) in [5.74, 6) is -1.90. The van der Waals surface area contributed by atoms with E-state index in [-0.39, 0.29) is 75.8 Å². The average molecular weight is 1020 g/mol. The summed E-state index contributed by atoms with van der Waals surface area (Å²) in [6.07, 6.45) is -15.8. The second-order valence-corrected chi connectivity index (χ2v) is 18.5. The number of halogens is 6. The monoisotopic (exact) mass is 1020 g/mol. The maximum Gasteiger partial charge on any atom is 0.413 e. The number of carbonyl (C=O) groups excluding carboxylic acids is 4. The molecule has 15 nitrogen and oxygen atoms in total. The summed E-state index contributed by atoms with van der Waals surface area (Å²) in [4.78, 5) is 84.0. The molecule has 2 fully saturated rings. The molecule has 3 aliphatic rings. The molecule has 2 aliphatic heterocycles. The Morgan fingerprint density at radius 1 is 0.685 bits per heavy atom. The number of alkyl carbamates (subject to hydrolysis) is 1. The van der Waals surface area contributed by atoms with E-state index < -0.39 is 90.9 Å². The zero-order chi connectivity index (χ0) is 52.7. The quantitative estimate of drug-likeness (QED) is 0.0475. The van der Waals surface area contributed by atoms with Crippen LogP contribution >= 0.6 is 0 Å². The van der Waals surface area contributed by atoms with Gasteiger partial charge in [0.05, 0.1) is 7.11 Å². The van der Waals surface area contributed by atoms with Gasteiger partial charge < -0.3 is 40.7 Å². The van der Waals surface area contributed by atoms with Gasteiger partial charge in [-0.2, -0.15) is 26.3 Å². The minimum atomic E-state index is -4.51. The van der Waals surface area contributed by atoms with Gasteiger partial charge in [0.1, 0.15) is 24.3 Å². The van der Waals surface area contributed by atoms with Crippen LogP contribution in [0.3, 0.4) is 0 Å². The van der Waals surface area contributed by atoms with Crippen molar-refractivity contribution >= 4 is 47.4 Å². The van der Waals surface area contributed by atoms with E-state index in [4.69, 9.17) is 4.74 Å². The third kappa shape index (κ3) is 12.5. The fourth-order valence-corrected chi connectivity index (χ4v) is 10.6. The fraction of sp³-hybridized carbons (Fsp3) is 0.423. The molecule has 2 saturated heterocycles. The number of unbranched alkanes of at least 4 members (excludes halogenated alkanes) is 2. The van der Waals surface area contributed by atoms with Crippen molar-refractivity contribution in [2.24, 2.45) is 0 Å². The largest absolute Gasteiger partial charge is 0.465 e. The van der Waals surface area contributed by atoms with Crippen LogP contribution in [0.5, 0.6) is 0 Å². The Morgan fingerprint density at radius 3 is 1.75 bits per heavy atom. The first kappa shape index (κ1) is 53.5. The van der Waals surface area contributed by atoms with Gasteiger partial charge in [-0.25, -0.2) is 14.4 Å². The maximum atomic E-state index is 14.4. The number of nitrogens with one attached hydrogen (secondary N) is 3. The predicted molar refractivity (Wildman–Crippen MR) is 255 cm³/mol. The summed E-state index contributed by atoms with van der Waals surface area (Å²) in [6.45, 7) is 0.243. The number of carbonyl (C=O) groups is 6. The van der Waals surface area contributed by atoms with Crippen LogP contribution < -0.4 is 20.9 Å². The Labute approximate surface area is 416 Å². The van der Waals surface area contributed by atoms with Crippen molar-refractivity contribution in [3.8, 4) is 11.1 Å². The summed E-state index contributed by atoms with van der Waals surface area (Å²) in [5.41, 5.74) is 1.70. The van der Waals surface area contributed by atoms with Crippen LogP contribution in [0.2, 0.25) is 0 Å². The van der Waals surface area contributed by atoms with Gasteiger partial charge in [-0.05, 0) is 109 Å². The third-order valence-corrected chi connectivity index (χ3v) is 13.8. The van der Waals surface area contributed by atoms with Gasteiger partial charge in [0, 0.05) is 42.7 Å². The lowest BCUT2D eigenvalue weighted by Gasteiger charge is -2.37. The van der Waals surface area contributed by atoms with Crippen molar-refractivity contribution in [3.63, 3.8) is 0 Å². The first-order valence-corrected chi connectivity index (χ1v) is 24.0. The Bertz CT molecular complexity index is 2630. The van der Waals surface area contributed by atoms with E-state index in [2.05, 4.69) is 16.0 Å². The summed E-state index contributed by atoms with van der Waals surface area (Å²) in [5, 5.41) is 28.2. The van der Waals surface area contributed by atoms with Gasteiger partial charge in [-0.1, -0.05) is 85.6 Å². The van der Waals surface area contributed by atoms with Crippen molar-refractivity contribution in [2.75, 3.05) is 30.4 Å². The number of rotatable bonds is 18. The molecule has 0 saturated carbocycles. The van der Waals surface area contributed by atoms with Gasteiger partial charge in [-0.15, -0.1) is 0 Å². The Hall–Kier alpha value is -7.32. The van der Waals surface area contributed by atoms with Gasteiger partial charge in [0.25, 0.3) is 11.8 Å². The van der Waals surface area contributed by atoms with Crippen LogP contribution in [0.15, 0.2) is 97.1 Å². The zero-order valence-corrected chi connectivity index (χ0v) is 39.8. The van der Waals surface area contributed by atoms with Crippen molar-refractivity contribution in [2.45, 2.75) is 119 Å². The number of carboxylic acid groups (broad SMARTS) is 2. The molecular formula is C52H56F6N6O9. The highest BCUT2D eigenvalue weighted by molar-refractivity contribution is 6.00. The molecule has 0 spiro atoms. The molecule has 7 rings (SSSR count). The molecule has 1 aliphatic carbocycles. The highest BCUT2D eigenvalue weighted by Gasteiger charge is 2.46. The van der Waals surface area contributed by atoms with Crippen LogP contribution in [0.4, 0.5) is 52.1 Å². The third-order valence-electron chi connectivity index (χ3n) is 13.8. The molecule has 2 heterocycles. The van der Waals surface area contributed by atoms with Gasteiger partial charge in [0.15, 0.2) is 0 Å². The van der Waals surface area contributed by atoms with E-state index in [1.54, 1.807) is 91.0 Å². The number of likely N-dealkylation sites (tertiary alicyclic amines) is 2. The van der Waals surface area contributed by atoms with Gasteiger partial charge >= 0.3 is 30.6 Å². The first-order chi connectivity index (χ1) is 34.7. The standard InChI is InChI=1S/C52H56F6N6O9/c1-73-48(70)61-43(33-16-6-3-7-17-33)46(67)63-29-13-19-41(63)64(49(71)72)35-21-23-37-36-22-20-34(59-44(65)40-18-12-28-62(40)45(66)42(60-47(68)69)32-14-4-2-5-15-32)30-38(36)50(39(37)31-35,24-8-10-26-51(53,54)55)25-9-11-27-52(56,57)58/h2-7,14-17,20-23,30-31,40-43,60H,8-13,18-19,24-29H2,1H3,(H,59,65)(H,61,70)(H,68,69)(H,71,72)/t40-,41+,42+,43-/m0/s1. The Kier molecular flexibility index (Phi) is 16.6. The van der Waals surface area contributed by atoms with Crippen LogP contribution in [-0.4, -0.2) is 101 Å². The molecule has 73 heavy (non-hydrogen) atoms. The number of benzene rings is 4. The number of hydrogen-bond donors (Lipinski definition) is 5. The number of hydrogen-bond acceptors (Lipinski definition) is 7. The second kappa shape index (κ2) is 22.6. The van der Waals surface area contributed by atoms with Crippen LogP contribution in [0.25, 0.3) is 11.1 Å².